The van der Waals surface area contributed by atoms with Crippen LogP contribution in [0.25, 0.3) is 5.00 Å². The number of thioether (sulfide) groups is 1. The number of carbonyl (C=O) groups is 1. The molecule has 1 aliphatic rings. The van der Waals surface area contributed by atoms with Crippen LogP contribution in [0.15, 0.2) is 16.0 Å². The van der Waals surface area contributed by atoms with Gasteiger partial charge in [0.1, 0.15) is 10.3 Å². The van der Waals surface area contributed by atoms with Gasteiger partial charge in [-0.05, 0) is 59.2 Å². The van der Waals surface area contributed by atoms with Crippen LogP contribution in [0.5, 0.6) is 0 Å². The molecule has 0 spiro atoms. The summed E-state index contributed by atoms with van der Waals surface area (Å²) in [4.78, 5) is 12.9. The summed E-state index contributed by atoms with van der Waals surface area (Å²) < 4.78 is 2.52. The number of aliphatic carboxylic acids is 1. The van der Waals surface area contributed by atoms with E-state index < -0.39 is 11.2 Å². The second-order valence-corrected chi connectivity index (χ2v) is 8.99. The second kappa shape index (κ2) is 6.57. The van der Waals surface area contributed by atoms with E-state index in [0.29, 0.717) is 15.8 Å². The van der Waals surface area contributed by atoms with Crippen molar-refractivity contribution in [3.63, 3.8) is 0 Å². The van der Waals surface area contributed by atoms with E-state index in [1.807, 2.05) is 18.4 Å². The molecule has 5 nitrogen and oxygen atoms in total. The fraction of sp³-hybridized carbons (Fsp3) is 0.533. The minimum Gasteiger partial charge on any atom is -0.480 e. The molecule has 1 N–H and O–H groups in total. The molecule has 1 fully saturated rings. The fourth-order valence-electron chi connectivity index (χ4n) is 2.44. The van der Waals surface area contributed by atoms with Crippen molar-refractivity contribution in [1.29, 1.82) is 0 Å². The molecule has 0 aromatic carbocycles. The van der Waals surface area contributed by atoms with Gasteiger partial charge in [-0.1, -0.05) is 25.6 Å². The molecule has 1 unspecified atom stereocenters. The van der Waals surface area contributed by atoms with Gasteiger partial charge in [-0.15, -0.1) is 21.5 Å². The van der Waals surface area contributed by atoms with Crippen molar-refractivity contribution in [1.82, 2.24) is 14.8 Å². The monoisotopic (exact) mass is 415 g/mol. The fourth-order valence-corrected chi connectivity index (χ4v) is 5.50. The van der Waals surface area contributed by atoms with Crippen molar-refractivity contribution in [2.45, 2.75) is 49.9 Å². The lowest BCUT2D eigenvalue weighted by molar-refractivity contribution is -0.137. The van der Waals surface area contributed by atoms with Crippen LogP contribution in [0.1, 0.15) is 43.0 Å². The third-order valence-electron chi connectivity index (χ3n) is 3.79. The van der Waals surface area contributed by atoms with E-state index >= 15 is 0 Å². The Kier molecular flexibility index (Phi) is 4.85. The lowest BCUT2D eigenvalue weighted by Crippen LogP contribution is -2.23. The standard InChI is InChI=1S/C15H18BrN3O2S2/c1-7(2)11(13(20)21)23-15-18-17-14(16)19(15)10-6-8(3)12(22-10)9-4-5-9/h6-7,9,11H,4-5H2,1-3H3,(H,20,21). The molecule has 23 heavy (non-hydrogen) atoms. The maximum atomic E-state index is 11.5. The van der Waals surface area contributed by atoms with Gasteiger partial charge in [-0.2, -0.15) is 0 Å². The molecule has 0 radical (unpaired) electrons. The highest BCUT2D eigenvalue weighted by molar-refractivity contribution is 9.10. The van der Waals surface area contributed by atoms with Crippen molar-refractivity contribution in [2.75, 3.05) is 0 Å². The van der Waals surface area contributed by atoms with Crippen LogP contribution in [0, 0.1) is 12.8 Å². The average Bonchev–Trinajstić information content (AvgIpc) is 3.14. The van der Waals surface area contributed by atoms with Gasteiger partial charge in [0.2, 0.25) is 4.73 Å². The van der Waals surface area contributed by atoms with Crippen molar-refractivity contribution < 1.29 is 9.90 Å². The quantitative estimate of drug-likeness (QED) is 0.704. The van der Waals surface area contributed by atoms with Crippen molar-refractivity contribution in [2.24, 2.45) is 5.92 Å². The number of halogens is 1. The summed E-state index contributed by atoms with van der Waals surface area (Å²) in [5.41, 5.74) is 1.29. The smallest absolute Gasteiger partial charge is 0.317 e. The van der Waals surface area contributed by atoms with Gasteiger partial charge < -0.3 is 5.11 Å². The third-order valence-corrected chi connectivity index (χ3v) is 7.16. The Morgan fingerprint density at radius 1 is 1.48 bits per heavy atom. The molecule has 1 aliphatic carbocycles. The zero-order valence-electron chi connectivity index (χ0n) is 13.1. The van der Waals surface area contributed by atoms with Gasteiger partial charge >= 0.3 is 5.97 Å². The third kappa shape index (κ3) is 3.49. The molecular formula is C15H18BrN3O2S2. The summed E-state index contributed by atoms with van der Waals surface area (Å²) in [6.07, 6.45) is 2.53. The molecule has 0 saturated heterocycles. The number of carboxylic acids is 1. The van der Waals surface area contributed by atoms with Crippen LogP contribution in [0.2, 0.25) is 0 Å². The summed E-state index contributed by atoms with van der Waals surface area (Å²) in [5, 5.41) is 18.8. The molecule has 2 aromatic heterocycles. The molecule has 1 saturated carbocycles. The van der Waals surface area contributed by atoms with E-state index in [1.165, 1.54) is 35.0 Å². The molecule has 8 heteroatoms. The highest BCUT2D eigenvalue weighted by Gasteiger charge is 2.30. The van der Waals surface area contributed by atoms with Crippen LogP contribution < -0.4 is 0 Å². The molecule has 0 amide bonds. The molecule has 0 bridgehead atoms. The maximum Gasteiger partial charge on any atom is 0.317 e. The van der Waals surface area contributed by atoms with Gasteiger partial charge in [-0.25, -0.2) is 0 Å². The zero-order valence-corrected chi connectivity index (χ0v) is 16.3. The van der Waals surface area contributed by atoms with Crippen molar-refractivity contribution >= 4 is 45.0 Å². The first-order chi connectivity index (χ1) is 10.9. The second-order valence-electron chi connectivity index (χ2n) is 6.11. The van der Waals surface area contributed by atoms with E-state index in [1.54, 1.807) is 11.3 Å². The number of aromatic nitrogens is 3. The van der Waals surface area contributed by atoms with E-state index in [-0.39, 0.29) is 5.92 Å². The number of hydrogen-bond donors (Lipinski definition) is 1. The predicted octanol–water partition coefficient (Wildman–Crippen LogP) is 4.48. The summed E-state index contributed by atoms with van der Waals surface area (Å²) in [6.45, 7) is 5.94. The normalized spacial score (nSPS) is 16.0. The topological polar surface area (TPSA) is 68.0 Å². The summed E-state index contributed by atoms with van der Waals surface area (Å²) in [6, 6.07) is 2.14. The summed E-state index contributed by atoms with van der Waals surface area (Å²) in [7, 11) is 0. The Bertz CT molecular complexity index is 737. The Labute approximate surface area is 151 Å². The number of hydrogen-bond acceptors (Lipinski definition) is 5. The van der Waals surface area contributed by atoms with Crippen molar-refractivity contribution in [3.8, 4) is 5.00 Å². The van der Waals surface area contributed by atoms with Gasteiger partial charge in [0.15, 0.2) is 5.16 Å². The highest BCUT2D eigenvalue weighted by atomic mass is 79.9. The molecular weight excluding hydrogens is 398 g/mol. The Balaban J connectivity index is 1.95. The number of carboxylic acid groups (broad SMARTS) is 1. The highest BCUT2D eigenvalue weighted by Crippen LogP contribution is 2.46. The average molecular weight is 416 g/mol. The van der Waals surface area contributed by atoms with Gasteiger partial charge in [0, 0.05) is 4.88 Å². The molecule has 2 aromatic rings. The van der Waals surface area contributed by atoms with Crippen molar-refractivity contribution in [3.05, 3.63) is 21.2 Å². The van der Waals surface area contributed by atoms with Gasteiger partial charge in [0.05, 0.1) is 0 Å². The van der Waals surface area contributed by atoms with Crippen LogP contribution in [0.3, 0.4) is 0 Å². The summed E-state index contributed by atoms with van der Waals surface area (Å²) in [5.74, 6) is -0.118. The molecule has 124 valence electrons. The van der Waals surface area contributed by atoms with Crippen LogP contribution in [0.4, 0.5) is 0 Å². The number of nitrogens with zero attached hydrogens (tertiary/aromatic N) is 3. The molecule has 1 atom stereocenters. The first-order valence-corrected chi connectivity index (χ1v) is 9.98. The first kappa shape index (κ1) is 17.0. The minimum atomic E-state index is -0.822. The zero-order chi connectivity index (χ0) is 16.7. The number of rotatable bonds is 6. The molecule has 2 heterocycles. The maximum absolute atomic E-state index is 11.5. The Morgan fingerprint density at radius 2 is 2.17 bits per heavy atom. The predicted molar refractivity (Wildman–Crippen MR) is 95.8 cm³/mol. The Hall–Kier alpha value is -0.860. The summed E-state index contributed by atoms with van der Waals surface area (Å²) >= 11 is 6.44. The van der Waals surface area contributed by atoms with E-state index in [2.05, 4.69) is 39.1 Å². The largest absolute Gasteiger partial charge is 0.480 e. The number of thiophene rings is 1. The van der Waals surface area contributed by atoms with Crippen LogP contribution in [-0.4, -0.2) is 31.1 Å². The SMILES string of the molecule is Cc1cc(-n2c(Br)nnc2SC(C(=O)O)C(C)C)sc1C1CC1. The van der Waals surface area contributed by atoms with E-state index in [9.17, 15) is 9.90 Å². The molecule has 0 aliphatic heterocycles. The molecule has 3 rings (SSSR count). The minimum absolute atomic E-state index is 0.00789. The lowest BCUT2D eigenvalue weighted by Gasteiger charge is -2.15. The van der Waals surface area contributed by atoms with Gasteiger partial charge in [0.25, 0.3) is 0 Å². The van der Waals surface area contributed by atoms with E-state index in [4.69, 9.17) is 0 Å². The van der Waals surface area contributed by atoms with Crippen LogP contribution in [-0.2, 0) is 4.79 Å². The number of aryl methyl sites for hydroxylation is 1. The first-order valence-electron chi connectivity index (χ1n) is 7.49. The lowest BCUT2D eigenvalue weighted by atomic mass is 10.1. The van der Waals surface area contributed by atoms with E-state index in [0.717, 1.165) is 5.00 Å². The van der Waals surface area contributed by atoms with Crippen LogP contribution >= 0.6 is 39.0 Å². The Morgan fingerprint density at radius 3 is 2.74 bits per heavy atom. The van der Waals surface area contributed by atoms with Gasteiger partial charge in [-0.3, -0.25) is 9.36 Å².